The Kier molecular flexibility index (Phi) is 2.81. The third-order valence-electron chi connectivity index (χ3n) is 3.66. The molecule has 0 fully saturated rings. The Bertz CT molecular complexity index is 1230. The van der Waals surface area contributed by atoms with Crippen molar-refractivity contribution in [2.24, 2.45) is 11.8 Å². The van der Waals surface area contributed by atoms with Gasteiger partial charge < -0.3 is 15.3 Å². The molecule has 6 heteroatoms. The lowest BCUT2D eigenvalue weighted by atomic mass is 9.94. The zero-order chi connectivity index (χ0) is 30.9. The number of rotatable bonds is 6. The standard InChI is InChI=1S/C20H28N2O4/c1-12(2)18(24)16(23)11-13(3)19(25)21-17-15-8-6-5-7-14(15)9-10-22(4)20(17)26/h5-8,12-13,17-18,24H,9-11H2,1-4H3,(H,21,25)/t13-,17+,18+/m1/s1/i1D3,5D,6D,7D,8D,9D2,12D,13D,17D,18D/t12?,13-,17+,18+. The normalized spacial score (nSPS) is 36.7. The van der Waals surface area contributed by atoms with Crippen molar-refractivity contribution in [1.29, 1.82) is 0 Å². The third kappa shape index (κ3) is 4.49. The Labute approximate surface area is 172 Å². The van der Waals surface area contributed by atoms with E-state index >= 15 is 0 Å². The monoisotopic (exact) mass is 373 g/mol. The number of carbonyl (C=O) groups is 3. The molecule has 0 aliphatic carbocycles. The second-order valence-electron chi connectivity index (χ2n) is 5.77. The van der Waals surface area contributed by atoms with Gasteiger partial charge in [-0.15, -0.1) is 0 Å². The molecule has 142 valence electrons. The fraction of sp³-hybridized carbons (Fsp3) is 0.550. The average Bonchev–Trinajstić information content (AvgIpc) is 2.82. The first kappa shape index (κ1) is 8.65. The quantitative estimate of drug-likeness (QED) is 0.791. The highest BCUT2D eigenvalue weighted by Gasteiger charge is 2.32. The van der Waals surface area contributed by atoms with Crippen LogP contribution in [0.25, 0.3) is 0 Å². The molecule has 2 rings (SSSR count). The van der Waals surface area contributed by atoms with Crippen molar-refractivity contribution in [1.82, 2.24) is 10.2 Å². The van der Waals surface area contributed by atoms with Crippen LogP contribution in [0.3, 0.4) is 0 Å². The first-order valence-corrected chi connectivity index (χ1v) is 7.63. The maximum atomic E-state index is 13.3. The molecule has 1 aromatic carbocycles. The SMILES string of the molecule is [2H]c1c([2H])c([2H])c2c(c1[2H])C([2H])([2H])CN(C)C(=O)[C@@]2([2H])NC(=O)[C@]([2H])(C)CC(=O)[C@@]([2H])(O)C([2H])(C)C([2H])([2H])[2H]. The van der Waals surface area contributed by atoms with E-state index in [9.17, 15) is 19.5 Å². The number of amides is 2. The van der Waals surface area contributed by atoms with E-state index in [0.29, 0.717) is 11.8 Å². The molecular formula is C20H28N2O4. The number of fused-ring (bicyclic) bond motifs is 1. The van der Waals surface area contributed by atoms with Gasteiger partial charge in [-0.05, 0) is 23.4 Å². The number of nitrogens with one attached hydrogen (secondary N) is 1. The highest BCUT2D eigenvalue weighted by molar-refractivity contribution is 5.92. The van der Waals surface area contributed by atoms with Crippen molar-refractivity contribution in [2.75, 3.05) is 13.6 Å². The molecule has 26 heavy (non-hydrogen) atoms. The van der Waals surface area contributed by atoms with Crippen LogP contribution in [0.1, 0.15) is 62.1 Å². The molecule has 1 aliphatic heterocycles. The van der Waals surface area contributed by atoms with Crippen LogP contribution in [0.5, 0.6) is 0 Å². The summed E-state index contributed by atoms with van der Waals surface area (Å²) in [4.78, 5) is 39.9. The lowest BCUT2D eigenvalue weighted by molar-refractivity contribution is -0.137. The molecule has 0 radical (unpaired) electrons. The molecule has 6 nitrogen and oxygen atoms in total. The number of hydrogen-bond acceptors (Lipinski definition) is 4. The minimum Gasteiger partial charge on any atom is -0.385 e. The van der Waals surface area contributed by atoms with Crippen molar-refractivity contribution in [3.05, 3.63) is 35.3 Å². The number of Topliss-reactive ketones (excluding diaryl/α,β-unsaturated/α-hetero) is 1. The van der Waals surface area contributed by atoms with Crippen molar-refractivity contribution >= 4 is 17.6 Å². The number of likely N-dealkylation sites (N-methyl/N-ethyl adjacent to an activating group) is 1. The van der Waals surface area contributed by atoms with Crippen LogP contribution in [-0.4, -0.2) is 47.3 Å². The molecule has 1 unspecified atom stereocenters. The molecule has 0 bridgehead atoms. The van der Waals surface area contributed by atoms with Gasteiger partial charge in [-0.2, -0.15) is 0 Å². The number of carbonyl (C=O) groups excluding carboxylic acids is 3. The molecule has 0 saturated carbocycles. The van der Waals surface area contributed by atoms with Crippen molar-refractivity contribution in [3.8, 4) is 0 Å². The van der Waals surface area contributed by atoms with Crippen molar-refractivity contribution in [2.45, 2.75) is 45.6 Å². The van der Waals surface area contributed by atoms with Gasteiger partial charge in [0.1, 0.15) is 12.1 Å². The van der Waals surface area contributed by atoms with Gasteiger partial charge in [0.25, 0.3) is 0 Å². The van der Waals surface area contributed by atoms with Crippen LogP contribution >= 0.6 is 0 Å². The van der Waals surface area contributed by atoms with E-state index in [-0.39, 0.29) is 0 Å². The molecule has 1 aliphatic rings. The minimum absolute atomic E-state index is 0.600. The zero-order valence-electron chi connectivity index (χ0n) is 27.5. The fourth-order valence-corrected chi connectivity index (χ4v) is 2.15. The van der Waals surface area contributed by atoms with Gasteiger partial charge in [0, 0.05) is 35.5 Å². The fourth-order valence-electron chi connectivity index (χ4n) is 2.15. The van der Waals surface area contributed by atoms with Gasteiger partial charge in [-0.3, -0.25) is 14.4 Å². The van der Waals surface area contributed by atoms with E-state index in [1.54, 1.807) is 0 Å². The number of nitrogens with zero attached hydrogens (tertiary/aromatic N) is 1. The summed E-state index contributed by atoms with van der Waals surface area (Å²) in [6.45, 7) is -2.71. The smallest absolute Gasteiger partial charge is 0.249 e. The summed E-state index contributed by atoms with van der Waals surface area (Å²) >= 11 is 0. The number of ketones is 1. The van der Waals surface area contributed by atoms with Gasteiger partial charge >= 0.3 is 0 Å². The van der Waals surface area contributed by atoms with E-state index in [1.807, 2.05) is 5.32 Å². The lowest BCUT2D eigenvalue weighted by Crippen LogP contribution is -2.43. The molecular weight excluding hydrogens is 332 g/mol. The summed E-state index contributed by atoms with van der Waals surface area (Å²) in [7, 11) is 1.06. The van der Waals surface area contributed by atoms with Crippen LogP contribution < -0.4 is 5.32 Å². The Morgan fingerprint density at radius 2 is 2.23 bits per heavy atom. The van der Waals surface area contributed by atoms with Gasteiger partial charge in [-0.25, -0.2) is 0 Å². The van der Waals surface area contributed by atoms with Gasteiger partial charge in [0.05, 0.1) is 8.22 Å². The highest BCUT2D eigenvalue weighted by Crippen LogP contribution is 2.25. The topological polar surface area (TPSA) is 86.7 Å². The summed E-state index contributed by atoms with van der Waals surface area (Å²) in [5, 5.41) is 12.2. The summed E-state index contributed by atoms with van der Waals surface area (Å²) in [6, 6.07) is -6.80. The third-order valence-corrected chi connectivity index (χ3v) is 3.66. The highest BCUT2D eigenvalue weighted by atomic mass is 16.3. The van der Waals surface area contributed by atoms with Crippen LogP contribution in [0.15, 0.2) is 24.2 Å². The number of benzene rings is 1. The van der Waals surface area contributed by atoms with E-state index in [1.165, 1.54) is 0 Å². The number of hydrogen-bond donors (Lipinski definition) is 2. The molecule has 4 atom stereocenters. The summed E-state index contributed by atoms with van der Waals surface area (Å²) in [5.74, 6) is -10.4. The maximum absolute atomic E-state index is 13.3. The molecule has 2 amide bonds. The summed E-state index contributed by atoms with van der Waals surface area (Å²) in [5.41, 5.74) is -1.69. The van der Waals surface area contributed by atoms with Crippen LogP contribution in [0.2, 0.25) is 0 Å². The van der Waals surface area contributed by atoms with Crippen LogP contribution in [0, 0.1) is 11.8 Å². The predicted molar refractivity (Wildman–Crippen MR) is 98.3 cm³/mol. The zero-order valence-corrected chi connectivity index (χ0v) is 14.5. The van der Waals surface area contributed by atoms with E-state index in [0.717, 1.165) is 14.0 Å². The van der Waals surface area contributed by atoms with Crippen molar-refractivity contribution in [3.63, 3.8) is 0 Å². The maximum Gasteiger partial charge on any atom is 0.249 e. The Morgan fingerprint density at radius 1 is 1.54 bits per heavy atom. The van der Waals surface area contributed by atoms with Crippen LogP contribution in [-0.2, 0) is 20.8 Å². The lowest BCUT2D eigenvalue weighted by Gasteiger charge is -2.24. The molecule has 1 heterocycles. The Hall–Kier alpha value is -2.21. The average molecular weight is 374 g/mol. The van der Waals surface area contributed by atoms with Gasteiger partial charge in [0.2, 0.25) is 11.8 Å². The largest absolute Gasteiger partial charge is 0.385 e. The van der Waals surface area contributed by atoms with E-state index in [2.05, 4.69) is 0 Å². The van der Waals surface area contributed by atoms with Gasteiger partial charge in [-0.1, -0.05) is 44.9 Å². The predicted octanol–water partition coefficient (Wildman–Crippen LogP) is 1.47. The first-order chi connectivity index (χ1) is 17.2. The van der Waals surface area contributed by atoms with E-state index < -0.39 is 103 Å². The molecule has 1 aromatic rings. The van der Waals surface area contributed by atoms with Crippen LogP contribution in [0.4, 0.5) is 0 Å². The Balaban J connectivity index is 2.64. The van der Waals surface area contributed by atoms with E-state index in [4.69, 9.17) is 17.8 Å². The van der Waals surface area contributed by atoms with Gasteiger partial charge in [0.15, 0.2) is 5.78 Å². The number of aliphatic hydroxyl groups is 1. The minimum atomic E-state index is -3.61. The molecule has 0 aromatic heterocycles. The second-order valence-corrected chi connectivity index (χ2v) is 5.77. The first-order valence-electron chi connectivity index (χ1n) is 14.1. The summed E-state index contributed by atoms with van der Waals surface area (Å²) in [6.07, 6.45) is -7.58. The molecule has 0 spiro atoms. The molecule has 2 N–H and O–H groups in total. The van der Waals surface area contributed by atoms with Crippen molar-refractivity contribution < 1.29 is 37.3 Å². The Morgan fingerprint density at radius 3 is 2.92 bits per heavy atom. The molecule has 0 saturated heterocycles. The summed E-state index contributed by atoms with van der Waals surface area (Å²) < 4.78 is 104. The second kappa shape index (κ2) is 8.45.